The van der Waals surface area contributed by atoms with E-state index in [4.69, 9.17) is 9.84 Å². The number of benzene rings is 1. The minimum absolute atomic E-state index is 0.178. The van der Waals surface area contributed by atoms with Crippen LogP contribution < -0.4 is 4.74 Å². The maximum Gasteiger partial charge on any atom is 0.129 e. The van der Waals surface area contributed by atoms with Crippen molar-refractivity contribution in [1.29, 1.82) is 0 Å². The van der Waals surface area contributed by atoms with E-state index in [9.17, 15) is 0 Å². The lowest BCUT2D eigenvalue weighted by molar-refractivity contribution is 0.338. The third-order valence-electron chi connectivity index (χ3n) is 1.26. The van der Waals surface area contributed by atoms with E-state index in [0.717, 1.165) is 5.75 Å². The molecule has 0 aromatic heterocycles. The van der Waals surface area contributed by atoms with Gasteiger partial charge in [0.15, 0.2) is 0 Å². The van der Waals surface area contributed by atoms with Gasteiger partial charge in [-0.25, -0.2) is 0 Å². The van der Waals surface area contributed by atoms with Crippen molar-refractivity contribution in [2.75, 3.05) is 6.61 Å². The average molecular weight is 170 g/mol. The summed E-state index contributed by atoms with van der Waals surface area (Å²) < 4.78 is 5.18. The first-order chi connectivity index (χ1) is 5.24. The van der Waals surface area contributed by atoms with E-state index in [0.29, 0.717) is 11.5 Å². The molecule has 0 saturated heterocycles. The van der Waals surface area contributed by atoms with Crippen LogP contribution in [0.1, 0.15) is 6.92 Å². The first kappa shape index (κ1) is 8.27. The van der Waals surface area contributed by atoms with Crippen LogP contribution >= 0.6 is 12.6 Å². The summed E-state index contributed by atoms with van der Waals surface area (Å²) in [5.41, 5.74) is 0. The highest BCUT2D eigenvalue weighted by atomic mass is 32.1. The Kier molecular flexibility index (Phi) is 2.65. The van der Waals surface area contributed by atoms with Crippen LogP contribution in [0.3, 0.4) is 0 Å². The molecule has 1 aromatic carbocycles. The van der Waals surface area contributed by atoms with Gasteiger partial charge in [-0.3, -0.25) is 0 Å². The summed E-state index contributed by atoms with van der Waals surface area (Å²) in [6.45, 7) is 2.53. The Morgan fingerprint density at radius 1 is 1.55 bits per heavy atom. The molecule has 0 saturated carbocycles. The van der Waals surface area contributed by atoms with Gasteiger partial charge in [-0.2, -0.15) is 0 Å². The molecular formula is C8H10O2S. The molecule has 0 bridgehead atoms. The summed E-state index contributed by atoms with van der Waals surface area (Å²) in [6, 6.07) is 4.95. The molecule has 11 heavy (non-hydrogen) atoms. The second kappa shape index (κ2) is 3.53. The van der Waals surface area contributed by atoms with Crippen molar-refractivity contribution in [3.05, 3.63) is 18.2 Å². The molecule has 0 radical (unpaired) electrons. The summed E-state index contributed by atoms with van der Waals surface area (Å²) in [5.74, 6) is 0.909. The van der Waals surface area contributed by atoms with Crippen molar-refractivity contribution in [2.45, 2.75) is 11.8 Å². The monoisotopic (exact) mass is 170 g/mol. The van der Waals surface area contributed by atoms with Gasteiger partial charge in [-0.15, -0.1) is 12.6 Å². The number of thiol groups is 1. The van der Waals surface area contributed by atoms with Gasteiger partial charge in [0.05, 0.1) is 6.61 Å². The molecular weight excluding hydrogens is 160 g/mol. The normalized spacial score (nSPS) is 9.64. The maximum atomic E-state index is 9.08. The van der Waals surface area contributed by atoms with E-state index < -0.39 is 0 Å². The van der Waals surface area contributed by atoms with Crippen LogP contribution in [0.2, 0.25) is 0 Å². The molecule has 60 valence electrons. The van der Waals surface area contributed by atoms with Crippen molar-refractivity contribution in [3.8, 4) is 11.5 Å². The summed E-state index contributed by atoms with van der Waals surface area (Å²) >= 11 is 4.03. The van der Waals surface area contributed by atoms with Gasteiger partial charge >= 0.3 is 0 Å². The van der Waals surface area contributed by atoms with E-state index in [1.807, 2.05) is 6.92 Å². The van der Waals surface area contributed by atoms with Crippen LogP contribution in [-0.2, 0) is 0 Å². The molecule has 1 aromatic rings. The topological polar surface area (TPSA) is 29.5 Å². The van der Waals surface area contributed by atoms with Crippen LogP contribution in [0.25, 0.3) is 0 Å². The van der Waals surface area contributed by atoms with Crippen LogP contribution in [0.5, 0.6) is 11.5 Å². The number of hydrogen-bond acceptors (Lipinski definition) is 3. The molecule has 0 aliphatic rings. The predicted molar refractivity (Wildman–Crippen MR) is 46.5 cm³/mol. The smallest absolute Gasteiger partial charge is 0.129 e. The zero-order chi connectivity index (χ0) is 8.27. The highest BCUT2D eigenvalue weighted by Crippen LogP contribution is 2.25. The Balaban J connectivity index is 2.86. The number of aromatic hydroxyl groups is 1. The standard InChI is InChI=1S/C8H10O2S/c1-2-10-6-3-4-7(9)8(11)5-6/h3-5,9,11H,2H2,1H3. The highest BCUT2D eigenvalue weighted by molar-refractivity contribution is 7.80. The van der Waals surface area contributed by atoms with Crippen molar-refractivity contribution < 1.29 is 9.84 Å². The average Bonchev–Trinajstić information content (AvgIpc) is 1.98. The molecule has 3 heteroatoms. The van der Waals surface area contributed by atoms with E-state index in [-0.39, 0.29) is 5.75 Å². The molecule has 2 nitrogen and oxygen atoms in total. The van der Waals surface area contributed by atoms with Crippen LogP contribution in [0.4, 0.5) is 0 Å². The van der Waals surface area contributed by atoms with Gasteiger partial charge in [0.25, 0.3) is 0 Å². The Morgan fingerprint density at radius 3 is 2.82 bits per heavy atom. The Labute approximate surface area is 71.2 Å². The molecule has 0 heterocycles. The third kappa shape index (κ3) is 2.05. The first-order valence-electron chi connectivity index (χ1n) is 3.39. The number of hydrogen-bond donors (Lipinski definition) is 2. The fraction of sp³-hybridized carbons (Fsp3) is 0.250. The van der Waals surface area contributed by atoms with E-state index in [1.54, 1.807) is 18.2 Å². The van der Waals surface area contributed by atoms with Crippen LogP contribution in [-0.4, -0.2) is 11.7 Å². The maximum absolute atomic E-state index is 9.08. The second-order valence-electron chi connectivity index (χ2n) is 2.08. The minimum Gasteiger partial charge on any atom is -0.507 e. The fourth-order valence-electron chi connectivity index (χ4n) is 0.760. The lowest BCUT2D eigenvalue weighted by Crippen LogP contribution is -1.90. The van der Waals surface area contributed by atoms with E-state index in [1.165, 1.54) is 0 Å². The van der Waals surface area contributed by atoms with Crippen molar-refractivity contribution >= 4 is 12.6 Å². The number of phenols is 1. The number of phenolic OH excluding ortho intramolecular Hbond substituents is 1. The van der Waals surface area contributed by atoms with Gasteiger partial charge in [-0.05, 0) is 25.1 Å². The fourth-order valence-corrected chi connectivity index (χ4v) is 0.961. The first-order valence-corrected chi connectivity index (χ1v) is 3.83. The van der Waals surface area contributed by atoms with Crippen molar-refractivity contribution in [1.82, 2.24) is 0 Å². The zero-order valence-corrected chi connectivity index (χ0v) is 7.14. The van der Waals surface area contributed by atoms with E-state index in [2.05, 4.69) is 12.6 Å². The molecule has 0 unspecified atom stereocenters. The van der Waals surface area contributed by atoms with Gasteiger partial charge < -0.3 is 9.84 Å². The van der Waals surface area contributed by atoms with Gasteiger partial charge in [0.2, 0.25) is 0 Å². The Morgan fingerprint density at radius 2 is 2.27 bits per heavy atom. The van der Waals surface area contributed by atoms with Gasteiger partial charge in [0, 0.05) is 4.90 Å². The molecule has 0 atom stereocenters. The van der Waals surface area contributed by atoms with Crippen molar-refractivity contribution in [3.63, 3.8) is 0 Å². The lowest BCUT2D eigenvalue weighted by Gasteiger charge is -2.03. The molecule has 0 aliphatic carbocycles. The summed E-state index contributed by atoms with van der Waals surface area (Å²) in [4.78, 5) is 0.538. The third-order valence-corrected chi connectivity index (χ3v) is 1.62. The molecule has 0 aliphatic heterocycles. The summed E-state index contributed by atoms with van der Waals surface area (Å²) in [6.07, 6.45) is 0. The molecule has 0 fully saturated rings. The summed E-state index contributed by atoms with van der Waals surface area (Å²) in [7, 11) is 0. The molecule has 1 rings (SSSR count). The van der Waals surface area contributed by atoms with Gasteiger partial charge in [-0.1, -0.05) is 0 Å². The zero-order valence-electron chi connectivity index (χ0n) is 6.24. The van der Waals surface area contributed by atoms with Crippen LogP contribution in [0.15, 0.2) is 23.1 Å². The van der Waals surface area contributed by atoms with Crippen LogP contribution in [0, 0.1) is 0 Å². The SMILES string of the molecule is CCOc1ccc(O)c(S)c1. The quantitative estimate of drug-likeness (QED) is 0.665. The van der Waals surface area contributed by atoms with Crippen molar-refractivity contribution in [2.24, 2.45) is 0 Å². The highest BCUT2D eigenvalue weighted by Gasteiger charge is 1.97. The molecule has 0 amide bonds. The molecule has 0 spiro atoms. The summed E-state index contributed by atoms with van der Waals surface area (Å²) in [5, 5.41) is 9.08. The number of rotatable bonds is 2. The minimum atomic E-state index is 0.178. The Hall–Kier alpha value is -0.830. The largest absolute Gasteiger partial charge is 0.507 e. The second-order valence-corrected chi connectivity index (χ2v) is 2.57. The van der Waals surface area contributed by atoms with E-state index >= 15 is 0 Å². The molecule has 1 N–H and O–H groups in total. The predicted octanol–water partition coefficient (Wildman–Crippen LogP) is 2.08. The Bertz CT molecular complexity index is 248. The number of ether oxygens (including phenoxy) is 1. The van der Waals surface area contributed by atoms with Gasteiger partial charge in [0.1, 0.15) is 11.5 Å². The lowest BCUT2D eigenvalue weighted by atomic mass is 10.3.